The number of likely N-dealkylation sites (tertiary alicyclic amines) is 1. The van der Waals surface area contributed by atoms with E-state index < -0.39 is 0 Å². The Hall–Kier alpha value is -2.63. The van der Waals surface area contributed by atoms with Crippen molar-refractivity contribution in [1.82, 2.24) is 14.9 Å². The SMILES string of the molecule is Cc1cccc(OCC(=O)N2CCC(Oc3ccncn3)CC2)c1. The fraction of sp³-hybridized carbons (Fsp3) is 0.389. The van der Waals surface area contributed by atoms with E-state index in [1.165, 1.54) is 6.33 Å². The molecule has 1 aliphatic rings. The van der Waals surface area contributed by atoms with Crippen LogP contribution in [-0.2, 0) is 4.79 Å². The zero-order chi connectivity index (χ0) is 16.8. The minimum absolute atomic E-state index is 0.0111. The summed E-state index contributed by atoms with van der Waals surface area (Å²) in [4.78, 5) is 22.0. The topological polar surface area (TPSA) is 64.5 Å². The average molecular weight is 327 g/mol. The summed E-state index contributed by atoms with van der Waals surface area (Å²) in [5.74, 6) is 1.32. The van der Waals surface area contributed by atoms with Gasteiger partial charge in [0.1, 0.15) is 18.2 Å². The lowest BCUT2D eigenvalue weighted by atomic mass is 10.1. The summed E-state index contributed by atoms with van der Waals surface area (Å²) in [7, 11) is 0. The molecule has 0 radical (unpaired) electrons. The van der Waals surface area contributed by atoms with Crippen LogP contribution in [-0.4, -0.2) is 46.6 Å². The van der Waals surface area contributed by atoms with Crippen LogP contribution in [0.1, 0.15) is 18.4 Å². The fourth-order valence-corrected chi connectivity index (χ4v) is 2.68. The van der Waals surface area contributed by atoms with Gasteiger partial charge in [-0.15, -0.1) is 0 Å². The van der Waals surface area contributed by atoms with Crippen molar-refractivity contribution in [3.05, 3.63) is 48.4 Å². The quantitative estimate of drug-likeness (QED) is 0.842. The van der Waals surface area contributed by atoms with Crippen LogP contribution < -0.4 is 9.47 Å². The number of benzene rings is 1. The number of rotatable bonds is 5. The standard InChI is InChI=1S/C18H21N3O3/c1-14-3-2-4-16(11-14)23-12-18(22)21-9-6-15(7-10-21)24-17-5-8-19-13-20-17/h2-5,8,11,13,15H,6-7,9-10,12H2,1H3. The molecule has 6 nitrogen and oxygen atoms in total. The van der Waals surface area contributed by atoms with Gasteiger partial charge in [-0.2, -0.15) is 0 Å². The highest BCUT2D eigenvalue weighted by molar-refractivity contribution is 5.77. The molecule has 1 aliphatic heterocycles. The molecule has 2 heterocycles. The number of carbonyl (C=O) groups is 1. The number of piperidine rings is 1. The van der Waals surface area contributed by atoms with E-state index in [1.54, 1.807) is 12.3 Å². The molecule has 0 N–H and O–H groups in total. The van der Waals surface area contributed by atoms with Crippen molar-refractivity contribution >= 4 is 5.91 Å². The lowest BCUT2D eigenvalue weighted by molar-refractivity contribution is -0.135. The highest BCUT2D eigenvalue weighted by atomic mass is 16.5. The van der Waals surface area contributed by atoms with Crippen LogP contribution in [0.3, 0.4) is 0 Å². The monoisotopic (exact) mass is 327 g/mol. The molecule has 0 unspecified atom stereocenters. The van der Waals surface area contributed by atoms with E-state index in [0.717, 1.165) is 24.2 Å². The van der Waals surface area contributed by atoms with E-state index in [9.17, 15) is 4.79 Å². The van der Waals surface area contributed by atoms with Gasteiger partial charge in [-0.3, -0.25) is 4.79 Å². The third-order valence-corrected chi connectivity index (χ3v) is 3.99. The molecule has 24 heavy (non-hydrogen) atoms. The Morgan fingerprint density at radius 2 is 2.12 bits per heavy atom. The Balaban J connectivity index is 1.43. The van der Waals surface area contributed by atoms with Gasteiger partial charge in [0.05, 0.1) is 0 Å². The van der Waals surface area contributed by atoms with Crippen LogP contribution in [0.25, 0.3) is 0 Å². The summed E-state index contributed by atoms with van der Waals surface area (Å²) in [5, 5.41) is 0. The zero-order valence-corrected chi connectivity index (χ0v) is 13.7. The number of aromatic nitrogens is 2. The van der Waals surface area contributed by atoms with Gasteiger partial charge in [-0.25, -0.2) is 9.97 Å². The van der Waals surface area contributed by atoms with Crippen LogP contribution in [0.5, 0.6) is 11.6 Å². The first-order valence-electron chi connectivity index (χ1n) is 8.10. The van der Waals surface area contributed by atoms with Crippen molar-refractivity contribution in [2.45, 2.75) is 25.9 Å². The normalized spacial score (nSPS) is 15.1. The van der Waals surface area contributed by atoms with Crippen molar-refractivity contribution in [2.75, 3.05) is 19.7 Å². The second-order valence-electron chi connectivity index (χ2n) is 5.85. The molecule has 0 bridgehead atoms. The molecule has 2 aromatic rings. The number of carbonyl (C=O) groups excluding carboxylic acids is 1. The first kappa shape index (κ1) is 16.2. The number of amides is 1. The van der Waals surface area contributed by atoms with Gasteiger partial charge in [-0.1, -0.05) is 12.1 Å². The zero-order valence-electron chi connectivity index (χ0n) is 13.7. The van der Waals surface area contributed by atoms with E-state index in [4.69, 9.17) is 9.47 Å². The molecule has 0 saturated carbocycles. The molecule has 6 heteroatoms. The molecule has 3 rings (SSSR count). The maximum absolute atomic E-state index is 12.3. The summed E-state index contributed by atoms with van der Waals surface area (Å²) in [5.41, 5.74) is 1.11. The molecule has 1 fully saturated rings. The summed E-state index contributed by atoms with van der Waals surface area (Å²) < 4.78 is 11.4. The van der Waals surface area contributed by atoms with E-state index in [2.05, 4.69) is 9.97 Å². The van der Waals surface area contributed by atoms with Crippen molar-refractivity contribution in [2.24, 2.45) is 0 Å². The van der Waals surface area contributed by atoms with Gasteiger partial charge in [0, 0.05) is 38.2 Å². The van der Waals surface area contributed by atoms with Crippen LogP contribution in [0.2, 0.25) is 0 Å². The van der Waals surface area contributed by atoms with Crippen LogP contribution in [0.4, 0.5) is 0 Å². The van der Waals surface area contributed by atoms with E-state index in [-0.39, 0.29) is 18.6 Å². The smallest absolute Gasteiger partial charge is 0.260 e. The molecule has 1 amide bonds. The third kappa shape index (κ3) is 4.44. The highest BCUT2D eigenvalue weighted by Gasteiger charge is 2.24. The summed E-state index contributed by atoms with van der Waals surface area (Å²) >= 11 is 0. The summed E-state index contributed by atoms with van der Waals surface area (Å²) in [6.45, 7) is 3.41. The molecular formula is C18H21N3O3. The number of hydrogen-bond donors (Lipinski definition) is 0. The predicted molar refractivity (Wildman–Crippen MR) is 88.9 cm³/mol. The minimum Gasteiger partial charge on any atom is -0.484 e. The summed E-state index contributed by atoms with van der Waals surface area (Å²) in [6, 6.07) is 9.45. The number of nitrogens with zero attached hydrogens (tertiary/aromatic N) is 3. The minimum atomic E-state index is 0.0111. The molecule has 126 valence electrons. The third-order valence-electron chi connectivity index (χ3n) is 3.99. The maximum Gasteiger partial charge on any atom is 0.260 e. The van der Waals surface area contributed by atoms with Gasteiger partial charge in [0.15, 0.2) is 6.61 Å². The van der Waals surface area contributed by atoms with E-state index in [0.29, 0.717) is 19.0 Å². The van der Waals surface area contributed by atoms with Crippen LogP contribution in [0.15, 0.2) is 42.9 Å². The Morgan fingerprint density at radius 3 is 2.83 bits per heavy atom. The number of aryl methyl sites for hydroxylation is 1. The summed E-state index contributed by atoms with van der Waals surface area (Å²) in [6.07, 6.45) is 4.79. The molecule has 0 aliphatic carbocycles. The number of ether oxygens (including phenoxy) is 2. The van der Waals surface area contributed by atoms with Gasteiger partial charge in [0.2, 0.25) is 5.88 Å². The lowest BCUT2D eigenvalue weighted by Gasteiger charge is -2.31. The molecule has 0 atom stereocenters. The van der Waals surface area contributed by atoms with Gasteiger partial charge < -0.3 is 14.4 Å². The first-order chi connectivity index (χ1) is 11.7. The second-order valence-corrected chi connectivity index (χ2v) is 5.85. The average Bonchev–Trinajstić information content (AvgIpc) is 2.61. The second kappa shape index (κ2) is 7.77. The van der Waals surface area contributed by atoms with Crippen molar-refractivity contribution in [3.8, 4) is 11.6 Å². The Kier molecular flexibility index (Phi) is 5.25. The largest absolute Gasteiger partial charge is 0.484 e. The van der Waals surface area contributed by atoms with Gasteiger partial charge in [0.25, 0.3) is 5.91 Å². The molecule has 1 aromatic carbocycles. The number of hydrogen-bond acceptors (Lipinski definition) is 5. The van der Waals surface area contributed by atoms with Gasteiger partial charge in [-0.05, 0) is 24.6 Å². The molecule has 0 spiro atoms. The molecule has 1 saturated heterocycles. The Morgan fingerprint density at radius 1 is 1.29 bits per heavy atom. The fourth-order valence-electron chi connectivity index (χ4n) is 2.68. The first-order valence-corrected chi connectivity index (χ1v) is 8.10. The van der Waals surface area contributed by atoms with Gasteiger partial charge >= 0.3 is 0 Å². The Labute approximate surface area is 141 Å². The van der Waals surface area contributed by atoms with Crippen molar-refractivity contribution < 1.29 is 14.3 Å². The van der Waals surface area contributed by atoms with Crippen LogP contribution >= 0.6 is 0 Å². The maximum atomic E-state index is 12.3. The Bertz CT molecular complexity index is 670. The lowest BCUT2D eigenvalue weighted by Crippen LogP contribution is -2.43. The predicted octanol–water partition coefficient (Wildman–Crippen LogP) is 2.23. The van der Waals surface area contributed by atoms with Crippen molar-refractivity contribution in [3.63, 3.8) is 0 Å². The van der Waals surface area contributed by atoms with E-state index >= 15 is 0 Å². The molecule has 1 aromatic heterocycles. The van der Waals surface area contributed by atoms with Crippen molar-refractivity contribution in [1.29, 1.82) is 0 Å². The van der Waals surface area contributed by atoms with Crippen LogP contribution in [0, 0.1) is 6.92 Å². The van der Waals surface area contributed by atoms with E-state index in [1.807, 2.05) is 36.1 Å². The highest BCUT2D eigenvalue weighted by Crippen LogP contribution is 2.17. The molecular weight excluding hydrogens is 306 g/mol.